The minimum absolute atomic E-state index is 0.524. The van der Waals surface area contributed by atoms with Gasteiger partial charge >= 0.3 is 0 Å². The molecule has 20 heavy (non-hydrogen) atoms. The van der Waals surface area contributed by atoms with Crippen LogP contribution in [0.4, 0.5) is 0 Å². The summed E-state index contributed by atoms with van der Waals surface area (Å²) < 4.78 is 0. The van der Waals surface area contributed by atoms with Crippen molar-refractivity contribution in [3.8, 4) is 11.4 Å². The Balaban J connectivity index is 2.06. The minimum atomic E-state index is 0.524. The lowest BCUT2D eigenvalue weighted by atomic mass is 9.97. The van der Waals surface area contributed by atoms with E-state index in [1.165, 1.54) is 22.4 Å². The van der Waals surface area contributed by atoms with Gasteiger partial charge in [-0.05, 0) is 30.0 Å². The number of benzene rings is 1. The first-order valence-corrected chi connectivity index (χ1v) is 7.31. The van der Waals surface area contributed by atoms with Gasteiger partial charge in [-0.2, -0.15) is 0 Å². The maximum Gasteiger partial charge on any atom is 0.159 e. The summed E-state index contributed by atoms with van der Waals surface area (Å²) >= 11 is 0. The maximum atomic E-state index is 4.79. The molecule has 0 fully saturated rings. The Morgan fingerprint density at radius 2 is 2.10 bits per heavy atom. The van der Waals surface area contributed by atoms with Crippen LogP contribution in [0.5, 0.6) is 0 Å². The van der Waals surface area contributed by atoms with Crippen molar-refractivity contribution in [2.24, 2.45) is 0 Å². The molecule has 1 aromatic carbocycles. The number of rotatable bonds is 2. The van der Waals surface area contributed by atoms with Gasteiger partial charge in [-0.3, -0.25) is 0 Å². The third-order valence-electron chi connectivity index (χ3n) is 3.98. The standard InChI is InChI=1S/C17H21N3/c1-11(2)13-5-4-12(3)15(8-13)17-19-10-14-9-18-7-6-16(14)20-17/h4-5,8,10-11,18H,6-7,9H2,1-3H3. The molecule has 1 aliphatic rings. The zero-order valence-corrected chi connectivity index (χ0v) is 12.4. The monoisotopic (exact) mass is 267 g/mol. The Labute approximate surface area is 120 Å². The molecule has 1 aromatic heterocycles. The second kappa shape index (κ2) is 5.33. The van der Waals surface area contributed by atoms with E-state index in [9.17, 15) is 0 Å². The van der Waals surface area contributed by atoms with Crippen LogP contribution in [0.1, 0.15) is 42.1 Å². The number of nitrogens with zero attached hydrogens (tertiary/aromatic N) is 2. The fourth-order valence-corrected chi connectivity index (χ4v) is 2.61. The highest BCUT2D eigenvalue weighted by molar-refractivity contribution is 5.61. The molecule has 0 spiro atoms. The lowest BCUT2D eigenvalue weighted by Crippen LogP contribution is -2.25. The molecule has 1 N–H and O–H groups in total. The molecule has 2 heterocycles. The predicted molar refractivity (Wildman–Crippen MR) is 81.7 cm³/mol. The van der Waals surface area contributed by atoms with Gasteiger partial charge in [0, 0.05) is 36.8 Å². The van der Waals surface area contributed by atoms with Crippen molar-refractivity contribution < 1.29 is 0 Å². The molecule has 3 heteroatoms. The molecule has 3 nitrogen and oxygen atoms in total. The van der Waals surface area contributed by atoms with E-state index in [1.54, 1.807) is 0 Å². The average Bonchev–Trinajstić information content (AvgIpc) is 2.47. The van der Waals surface area contributed by atoms with Crippen molar-refractivity contribution in [2.75, 3.05) is 6.54 Å². The Bertz CT molecular complexity index is 632. The molecule has 0 unspecified atom stereocenters. The average molecular weight is 267 g/mol. The number of hydrogen-bond acceptors (Lipinski definition) is 3. The van der Waals surface area contributed by atoms with Crippen molar-refractivity contribution in [1.82, 2.24) is 15.3 Å². The van der Waals surface area contributed by atoms with Crippen molar-refractivity contribution in [2.45, 2.75) is 39.7 Å². The highest BCUT2D eigenvalue weighted by Gasteiger charge is 2.14. The van der Waals surface area contributed by atoms with Gasteiger partial charge in [0.05, 0.1) is 5.69 Å². The quantitative estimate of drug-likeness (QED) is 0.908. The Kier molecular flexibility index (Phi) is 3.53. The number of aromatic nitrogens is 2. The molecule has 0 bridgehead atoms. The summed E-state index contributed by atoms with van der Waals surface area (Å²) in [5.74, 6) is 1.39. The van der Waals surface area contributed by atoms with Crippen molar-refractivity contribution in [3.05, 3.63) is 46.8 Å². The number of nitrogens with one attached hydrogen (secondary N) is 1. The predicted octanol–water partition coefficient (Wildman–Crippen LogP) is 3.22. The lowest BCUT2D eigenvalue weighted by molar-refractivity contribution is 0.626. The first kappa shape index (κ1) is 13.3. The van der Waals surface area contributed by atoms with Gasteiger partial charge in [0.2, 0.25) is 0 Å². The van der Waals surface area contributed by atoms with Crippen molar-refractivity contribution in [3.63, 3.8) is 0 Å². The van der Waals surface area contributed by atoms with Crippen LogP contribution in [0, 0.1) is 6.92 Å². The fourth-order valence-electron chi connectivity index (χ4n) is 2.61. The molecule has 1 aliphatic heterocycles. The third kappa shape index (κ3) is 2.46. The molecule has 104 valence electrons. The summed E-state index contributed by atoms with van der Waals surface area (Å²) in [5, 5.41) is 3.36. The van der Waals surface area contributed by atoms with E-state index in [0.717, 1.165) is 30.9 Å². The zero-order valence-electron chi connectivity index (χ0n) is 12.4. The minimum Gasteiger partial charge on any atom is -0.312 e. The summed E-state index contributed by atoms with van der Waals surface area (Å²) in [6.07, 6.45) is 2.97. The van der Waals surface area contributed by atoms with E-state index in [2.05, 4.69) is 49.3 Å². The van der Waals surface area contributed by atoms with Gasteiger partial charge in [-0.15, -0.1) is 0 Å². The maximum absolute atomic E-state index is 4.79. The molecule has 0 atom stereocenters. The van der Waals surface area contributed by atoms with Gasteiger partial charge in [0.1, 0.15) is 0 Å². The number of fused-ring (bicyclic) bond motifs is 1. The second-order valence-corrected chi connectivity index (χ2v) is 5.82. The van der Waals surface area contributed by atoms with Crippen LogP contribution in [-0.4, -0.2) is 16.5 Å². The Hall–Kier alpha value is -1.74. The van der Waals surface area contributed by atoms with E-state index in [0.29, 0.717) is 5.92 Å². The van der Waals surface area contributed by atoms with Crippen LogP contribution in [0.2, 0.25) is 0 Å². The fraction of sp³-hybridized carbons (Fsp3) is 0.412. The van der Waals surface area contributed by atoms with Gasteiger partial charge in [-0.1, -0.05) is 26.0 Å². The van der Waals surface area contributed by atoms with Gasteiger partial charge < -0.3 is 5.32 Å². The molecule has 0 saturated carbocycles. The van der Waals surface area contributed by atoms with E-state index in [-0.39, 0.29) is 0 Å². The lowest BCUT2D eigenvalue weighted by Gasteiger charge is -2.17. The van der Waals surface area contributed by atoms with Crippen LogP contribution < -0.4 is 5.32 Å². The van der Waals surface area contributed by atoms with Gasteiger partial charge in [0.15, 0.2) is 5.82 Å². The largest absolute Gasteiger partial charge is 0.312 e. The number of hydrogen-bond donors (Lipinski definition) is 1. The van der Waals surface area contributed by atoms with Crippen LogP contribution in [0.3, 0.4) is 0 Å². The van der Waals surface area contributed by atoms with E-state index < -0.39 is 0 Å². The molecule has 2 aromatic rings. The summed E-state index contributed by atoms with van der Waals surface area (Å²) in [6, 6.07) is 6.61. The van der Waals surface area contributed by atoms with E-state index in [1.807, 2.05) is 6.20 Å². The van der Waals surface area contributed by atoms with Crippen LogP contribution in [0.15, 0.2) is 24.4 Å². The van der Waals surface area contributed by atoms with Crippen molar-refractivity contribution >= 4 is 0 Å². The molecule has 0 saturated heterocycles. The highest BCUT2D eigenvalue weighted by Crippen LogP contribution is 2.26. The smallest absolute Gasteiger partial charge is 0.159 e. The van der Waals surface area contributed by atoms with E-state index >= 15 is 0 Å². The zero-order chi connectivity index (χ0) is 14.1. The number of aryl methyl sites for hydroxylation is 1. The van der Waals surface area contributed by atoms with Crippen molar-refractivity contribution in [1.29, 1.82) is 0 Å². The molecule has 0 amide bonds. The van der Waals surface area contributed by atoms with Crippen LogP contribution >= 0.6 is 0 Å². The highest BCUT2D eigenvalue weighted by atomic mass is 14.9. The summed E-state index contributed by atoms with van der Waals surface area (Å²) in [7, 11) is 0. The van der Waals surface area contributed by atoms with Crippen LogP contribution in [-0.2, 0) is 13.0 Å². The second-order valence-electron chi connectivity index (χ2n) is 5.82. The normalized spacial score (nSPS) is 14.4. The molecule has 3 rings (SSSR count). The molecule has 0 aliphatic carbocycles. The first-order valence-electron chi connectivity index (χ1n) is 7.31. The SMILES string of the molecule is Cc1ccc(C(C)C)cc1-c1ncc2c(n1)CCNC2. The Morgan fingerprint density at radius 3 is 2.90 bits per heavy atom. The topological polar surface area (TPSA) is 37.8 Å². The Morgan fingerprint density at radius 1 is 1.25 bits per heavy atom. The van der Waals surface area contributed by atoms with Gasteiger partial charge in [-0.25, -0.2) is 9.97 Å². The summed E-state index contributed by atoms with van der Waals surface area (Å²) in [5.41, 5.74) is 6.18. The third-order valence-corrected chi connectivity index (χ3v) is 3.98. The first-order chi connectivity index (χ1) is 9.65. The molecular formula is C17H21N3. The van der Waals surface area contributed by atoms with Crippen LogP contribution in [0.25, 0.3) is 11.4 Å². The summed E-state index contributed by atoms with van der Waals surface area (Å²) in [6.45, 7) is 8.46. The molecule has 0 radical (unpaired) electrons. The van der Waals surface area contributed by atoms with E-state index in [4.69, 9.17) is 4.98 Å². The molecular weight excluding hydrogens is 246 g/mol. The van der Waals surface area contributed by atoms with Gasteiger partial charge in [0.25, 0.3) is 0 Å². The summed E-state index contributed by atoms with van der Waals surface area (Å²) in [4.78, 5) is 9.37.